The van der Waals surface area contributed by atoms with Crippen LogP contribution in [0.5, 0.6) is 23.0 Å². The summed E-state index contributed by atoms with van der Waals surface area (Å²) < 4.78 is 21.4. The van der Waals surface area contributed by atoms with Gasteiger partial charge in [0.15, 0.2) is 40.5 Å². The Labute approximate surface area is 332 Å². The highest BCUT2D eigenvalue weighted by Crippen LogP contribution is 2.47. The quantitative estimate of drug-likeness (QED) is 0.175. The average Bonchev–Trinajstić information content (AvgIpc) is 3.84. The zero-order chi connectivity index (χ0) is 38.2. The second kappa shape index (κ2) is 12.8. The molecule has 1 aliphatic rings. The molecule has 12 rings (SSSR count). The highest BCUT2D eigenvalue weighted by Gasteiger charge is 2.22. The fourth-order valence-electron chi connectivity index (χ4n) is 8.18. The molecular weight excluding hydrogens is 717 g/mol. The maximum atomic E-state index is 6.71. The standard InChI is InChI=1S/C51H30N4O3/c1-3-12-31(13-4-1)49-52-50(33-23-26-42-40(28-33)37-16-7-8-19-41(37)55(42)35-14-5-2-6-15-35)54-51(53-49)34-22-25-38-39-18-11-17-36(48(39)58-46(38)30-34)32-24-27-45-47(29-32)57-44-21-10-9-20-43(44)56-45/h1-30H. The van der Waals surface area contributed by atoms with Crippen LogP contribution in [0.25, 0.3) is 94.7 Å². The number of ether oxygens (including phenoxy) is 2. The summed E-state index contributed by atoms with van der Waals surface area (Å²) in [5.74, 6) is 4.48. The van der Waals surface area contributed by atoms with Gasteiger partial charge in [-0.25, -0.2) is 15.0 Å². The minimum atomic E-state index is 0.561. The highest BCUT2D eigenvalue weighted by molar-refractivity contribution is 6.11. The monoisotopic (exact) mass is 746 g/mol. The van der Waals surface area contributed by atoms with Crippen molar-refractivity contribution < 1.29 is 13.9 Å². The first kappa shape index (κ1) is 32.2. The maximum Gasteiger partial charge on any atom is 0.170 e. The van der Waals surface area contributed by atoms with Gasteiger partial charge in [-0.3, -0.25) is 0 Å². The van der Waals surface area contributed by atoms with Gasteiger partial charge < -0.3 is 18.5 Å². The number of para-hydroxylation sites is 5. The minimum Gasteiger partial charge on any atom is -0.455 e. The summed E-state index contributed by atoms with van der Waals surface area (Å²) >= 11 is 0. The molecule has 3 aromatic heterocycles. The van der Waals surface area contributed by atoms with Crippen LogP contribution < -0.4 is 9.47 Å². The first-order valence-corrected chi connectivity index (χ1v) is 19.2. The van der Waals surface area contributed by atoms with E-state index in [0.717, 1.165) is 77.2 Å². The van der Waals surface area contributed by atoms with Gasteiger partial charge in [-0.05, 0) is 78.4 Å². The van der Waals surface area contributed by atoms with E-state index >= 15 is 0 Å². The van der Waals surface area contributed by atoms with Crippen LogP contribution in [-0.4, -0.2) is 19.5 Å². The molecule has 272 valence electrons. The highest BCUT2D eigenvalue weighted by atomic mass is 16.6. The number of hydrogen-bond acceptors (Lipinski definition) is 6. The van der Waals surface area contributed by atoms with E-state index in [-0.39, 0.29) is 0 Å². The third-order valence-corrected chi connectivity index (χ3v) is 10.9. The Morgan fingerprint density at radius 3 is 1.78 bits per heavy atom. The molecule has 0 N–H and O–H groups in total. The predicted octanol–water partition coefficient (Wildman–Crippen LogP) is 13.4. The Balaban J connectivity index is 0.980. The lowest BCUT2D eigenvalue weighted by Crippen LogP contribution is -2.00. The van der Waals surface area contributed by atoms with E-state index in [1.165, 1.54) is 0 Å². The summed E-state index contributed by atoms with van der Waals surface area (Å²) in [4.78, 5) is 15.2. The Hall–Kier alpha value is -8.03. The molecule has 7 nitrogen and oxygen atoms in total. The third kappa shape index (κ3) is 5.18. The summed E-state index contributed by atoms with van der Waals surface area (Å²) in [6, 6.07) is 61.6. The Morgan fingerprint density at radius 1 is 0.362 bits per heavy atom. The van der Waals surface area contributed by atoms with Crippen molar-refractivity contribution in [2.45, 2.75) is 0 Å². The second-order valence-corrected chi connectivity index (χ2v) is 14.4. The predicted molar refractivity (Wildman–Crippen MR) is 230 cm³/mol. The van der Waals surface area contributed by atoms with Crippen molar-refractivity contribution in [3.05, 3.63) is 182 Å². The van der Waals surface area contributed by atoms with Crippen LogP contribution in [-0.2, 0) is 0 Å². The molecule has 1 aliphatic heterocycles. The fraction of sp³-hybridized carbons (Fsp3) is 0. The molecule has 0 aliphatic carbocycles. The van der Waals surface area contributed by atoms with E-state index < -0.39 is 0 Å². The molecule has 7 heteroatoms. The van der Waals surface area contributed by atoms with E-state index in [1.54, 1.807) is 0 Å². The first-order valence-electron chi connectivity index (χ1n) is 19.2. The Kier molecular flexibility index (Phi) is 7.09. The molecule has 11 aromatic rings. The molecule has 58 heavy (non-hydrogen) atoms. The van der Waals surface area contributed by atoms with Crippen molar-refractivity contribution in [2.24, 2.45) is 0 Å². The van der Waals surface area contributed by atoms with Gasteiger partial charge >= 0.3 is 0 Å². The number of hydrogen-bond donors (Lipinski definition) is 0. The van der Waals surface area contributed by atoms with Gasteiger partial charge in [0.2, 0.25) is 0 Å². The smallest absolute Gasteiger partial charge is 0.170 e. The second-order valence-electron chi connectivity index (χ2n) is 14.4. The van der Waals surface area contributed by atoms with Crippen molar-refractivity contribution in [3.8, 4) is 74.0 Å². The van der Waals surface area contributed by atoms with Gasteiger partial charge in [0.05, 0.1) is 11.0 Å². The molecule has 0 saturated heterocycles. The normalized spacial score (nSPS) is 12.1. The van der Waals surface area contributed by atoms with Crippen LogP contribution in [0.15, 0.2) is 186 Å². The van der Waals surface area contributed by atoms with E-state index in [9.17, 15) is 0 Å². The lowest BCUT2D eigenvalue weighted by Gasteiger charge is -2.21. The molecular formula is C51H30N4O3. The number of furan rings is 1. The van der Waals surface area contributed by atoms with Gasteiger partial charge in [0.1, 0.15) is 11.2 Å². The van der Waals surface area contributed by atoms with Crippen LogP contribution in [0.1, 0.15) is 0 Å². The van der Waals surface area contributed by atoms with Crippen molar-refractivity contribution in [2.75, 3.05) is 0 Å². The van der Waals surface area contributed by atoms with E-state index in [0.29, 0.717) is 40.5 Å². The number of benzene rings is 8. The van der Waals surface area contributed by atoms with Crippen LogP contribution in [0.4, 0.5) is 0 Å². The van der Waals surface area contributed by atoms with Crippen LogP contribution in [0.3, 0.4) is 0 Å². The van der Waals surface area contributed by atoms with Crippen LogP contribution >= 0.6 is 0 Å². The lowest BCUT2D eigenvalue weighted by molar-refractivity contribution is 0.360. The lowest BCUT2D eigenvalue weighted by atomic mass is 10.0. The number of nitrogens with zero attached hydrogens (tertiary/aromatic N) is 4. The van der Waals surface area contributed by atoms with Gasteiger partial charge in [0, 0.05) is 49.5 Å². The van der Waals surface area contributed by atoms with Crippen molar-refractivity contribution in [1.29, 1.82) is 0 Å². The Bertz CT molecular complexity index is 3410. The SMILES string of the molecule is c1ccc(-c2nc(-c3ccc4c(c3)oc3c(-c5ccc6c(c5)Oc5ccccc5O6)cccc34)nc(-c3ccc4c(c3)c3ccccc3n4-c3ccccc3)n2)cc1. The van der Waals surface area contributed by atoms with E-state index in [1.807, 2.05) is 84.9 Å². The molecule has 0 atom stereocenters. The third-order valence-electron chi connectivity index (χ3n) is 10.9. The van der Waals surface area contributed by atoms with Gasteiger partial charge in [-0.1, -0.05) is 109 Å². The van der Waals surface area contributed by atoms with Gasteiger partial charge in [-0.15, -0.1) is 0 Å². The maximum absolute atomic E-state index is 6.71. The van der Waals surface area contributed by atoms with Gasteiger partial charge in [-0.2, -0.15) is 0 Å². The summed E-state index contributed by atoms with van der Waals surface area (Å²) in [6.45, 7) is 0. The summed E-state index contributed by atoms with van der Waals surface area (Å²) in [5.41, 5.74) is 9.46. The van der Waals surface area contributed by atoms with Crippen molar-refractivity contribution in [1.82, 2.24) is 19.5 Å². The van der Waals surface area contributed by atoms with Crippen LogP contribution in [0.2, 0.25) is 0 Å². The zero-order valence-corrected chi connectivity index (χ0v) is 30.8. The number of aromatic nitrogens is 4. The molecule has 0 spiro atoms. The molecule has 0 fully saturated rings. The summed E-state index contributed by atoms with van der Waals surface area (Å²) in [5, 5.41) is 4.31. The summed E-state index contributed by atoms with van der Waals surface area (Å²) in [7, 11) is 0. The largest absolute Gasteiger partial charge is 0.455 e. The topological polar surface area (TPSA) is 75.2 Å². The van der Waals surface area contributed by atoms with E-state index in [2.05, 4.69) is 102 Å². The van der Waals surface area contributed by atoms with Crippen molar-refractivity contribution >= 4 is 43.7 Å². The summed E-state index contributed by atoms with van der Waals surface area (Å²) in [6.07, 6.45) is 0. The molecule has 0 radical (unpaired) electrons. The minimum absolute atomic E-state index is 0.561. The number of rotatable bonds is 5. The molecule has 8 aromatic carbocycles. The molecule has 0 amide bonds. The average molecular weight is 747 g/mol. The fourth-order valence-corrected chi connectivity index (χ4v) is 8.18. The van der Waals surface area contributed by atoms with Crippen molar-refractivity contribution in [3.63, 3.8) is 0 Å². The molecule has 4 heterocycles. The van der Waals surface area contributed by atoms with Gasteiger partial charge in [0.25, 0.3) is 0 Å². The molecule has 0 unspecified atom stereocenters. The molecule has 0 saturated carbocycles. The molecule has 0 bridgehead atoms. The van der Waals surface area contributed by atoms with E-state index in [4.69, 9.17) is 28.8 Å². The van der Waals surface area contributed by atoms with Crippen LogP contribution in [0, 0.1) is 0 Å². The first-order chi connectivity index (χ1) is 28.7. The zero-order valence-electron chi connectivity index (χ0n) is 30.8. The number of fused-ring (bicyclic) bond motifs is 8. The Morgan fingerprint density at radius 2 is 0.966 bits per heavy atom.